The zero-order chi connectivity index (χ0) is 15.9. The van der Waals surface area contributed by atoms with E-state index in [0.717, 1.165) is 5.76 Å². The summed E-state index contributed by atoms with van der Waals surface area (Å²) >= 11 is 1.32. The van der Waals surface area contributed by atoms with Gasteiger partial charge in [0.2, 0.25) is 5.91 Å². The second-order valence-corrected chi connectivity index (χ2v) is 6.48. The number of amides is 2. The van der Waals surface area contributed by atoms with Gasteiger partial charge >= 0.3 is 0 Å². The van der Waals surface area contributed by atoms with E-state index in [1.54, 1.807) is 4.90 Å². The molecule has 1 fully saturated rings. The molecule has 2 aromatic heterocycles. The number of aryl methyl sites for hydroxylation is 2. The van der Waals surface area contributed by atoms with Crippen LogP contribution in [-0.4, -0.2) is 34.8 Å². The summed E-state index contributed by atoms with van der Waals surface area (Å²) in [7, 11) is 0. The van der Waals surface area contributed by atoms with Crippen molar-refractivity contribution in [1.29, 1.82) is 0 Å². The highest BCUT2D eigenvalue weighted by Crippen LogP contribution is 2.31. The average molecular weight is 319 g/mol. The number of primary amides is 1. The van der Waals surface area contributed by atoms with Gasteiger partial charge in [0.25, 0.3) is 5.91 Å². The van der Waals surface area contributed by atoms with Gasteiger partial charge in [-0.3, -0.25) is 9.59 Å². The maximum Gasteiger partial charge on any atom is 0.265 e. The Bertz CT molecular complexity index is 734. The van der Waals surface area contributed by atoms with Crippen LogP contribution in [0.2, 0.25) is 0 Å². The summed E-state index contributed by atoms with van der Waals surface area (Å²) in [6.45, 7) is 4.62. The molecule has 0 aliphatic carbocycles. The molecule has 0 bridgehead atoms. The highest BCUT2D eigenvalue weighted by atomic mass is 32.1. The molecule has 1 aliphatic rings. The molecule has 7 heteroatoms. The zero-order valence-electron chi connectivity index (χ0n) is 12.5. The molecule has 0 aromatic carbocycles. The van der Waals surface area contributed by atoms with Gasteiger partial charge in [0.1, 0.15) is 10.6 Å². The van der Waals surface area contributed by atoms with Crippen LogP contribution in [-0.2, 0) is 4.79 Å². The molecule has 3 rings (SSSR count). The number of thiazole rings is 1. The zero-order valence-corrected chi connectivity index (χ0v) is 13.3. The van der Waals surface area contributed by atoms with Gasteiger partial charge in [0.15, 0.2) is 10.8 Å². The van der Waals surface area contributed by atoms with Crippen LogP contribution in [0.5, 0.6) is 0 Å². The van der Waals surface area contributed by atoms with Crippen molar-refractivity contribution in [3.63, 3.8) is 0 Å². The van der Waals surface area contributed by atoms with E-state index < -0.39 is 0 Å². The van der Waals surface area contributed by atoms with Gasteiger partial charge in [-0.05, 0) is 32.4 Å². The lowest BCUT2D eigenvalue weighted by molar-refractivity contribution is -0.121. The molecule has 1 atom stereocenters. The Kier molecular flexibility index (Phi) is 3.74. The number of hydrogen-bond acceptors (Lipinski definition) is 5. The summed E-state index contributed by atoms with van der Waals surface area (Å²) in [6, 6.07) is 3.71. The Morgan fingerprint density at radius 3 is 2.77 bits per heavy atom. The Morgan fingerprint density at radius 2 is 2.18 bits per heavy atom. The monoisotopic (exact) mass is 319 g/mol. The number of rotatable bonds is 3. The van der Waals surface area contributed by atoms with E-state index in [4.69, 9.17) is 10.2 Å². The van der Waals surface area contributed by atoms with E-state index in [2.05, 4.69) is 4.98 Å². The molecule has 2 aromatic rings. The lowest BCUT2D eigenvalue weighted by atomic mass is 10.1. The number of likely N-dealkylation sites (tertiary alicyclic amines) is 1. The lowest BCUT2D eigenvalue weighted by Gasteiger charge is -2.14. The summed E-state index contributed by atoms with van der Waals surface area (Å²) in [5, 5.41) is 0.694. The lowest BCUT2D eigenvalue weighted by Crippen LogP contribution is -2.31. The van der Waals surface area contributed by atoms with Crippen LogP contribution in [0.1, 0.15) is 27.5 Å². The van der Waals surface area contributed by atoms with Crippen molar-refractivity contribution in [2.24, 2.45) is 11.7 Å². The smallest absolute Gasteiger partial charge is 0.265 e. The summed E-state index contributed by atoms with van der Waals surface area (Å²) in [5.41, 5.74) is 5.99. The molecule has 3 heterocycles. The van der Waals surface area contributed by atoms with Gasteiger partial charge < -0.3 is 15.1 Å². The molecular formula is C15H17N3O3S. The Morgan fingerprint density at radius 1 is 1.41 bits per heavy atom. The van der Waals surface area contributed by atoms with Crippen LogP contribution >= 0.6 is 11.3 Å². The fourth-order valence-electron chi connectivity index (χ4n) is 2.57. The van der Waals surface area contributed by atoms with E-state index in [9.17, 15) is 9.59 Å². The highest BCUT2D eigenvalue weighted by Gasteiger charge is 2.32. The molecule has 116 valence electrons. The van der Waals surface area contributed by atoms with Crippen molar-refractivity contribution in [2.45, 2.75) is 20.3 Å². The first-order valence-corrected chi connectivity index (χ1v) is 7.90. The largest absolute Gasteiger partial charge is 0.459 e. The molecule has 1 aliphatic heterocycles. The molecule has 0 radical (unpaired) electrons. The number of hydrogen-bond donors (Lipinski definition) is 1. The van der Waals surface area contributed by atoms with Crippen molar-refractivity contribution in [3.8, 4) is 10.8 Å². The highest BCUT2D eigenvalue weighted by molar-refractivity contribution is 7.17. The van der Waals surface area contributed by atoms with Gasteiger partial charge in [0.05, 0.1) is 11.6 Å². The SMILES string of the molecule is Cc1ccc(-c2nc(C)c(C(=O)N3CC[C@H](C(N)=O)C3)s2)o1. The van der Waals surface area contributed by atoms with Crippen LogP contribution in [0.4, 0.5) is 0 Å². The second kappa shape index (κ2) is 5.57. The summed E-state index contributed by atoms with van der Waals surface area (Å²) in [6.07, 6.45) is 0.628. The Hall–Kier alpha value is -2.15. The third-order valence-electron chi connectivity index (χ3n) is 3.82. The van der Waals surface area contributed by atoms with E-state index >= 15 is 0 Å². The van der Waals surface area contributed by atoms with Crippen molar-refractivity contribution in [2.75, 3.05) is 13.1 Å². The molecule has 22 heavy (non-hydrogen) atoms. The normalized spacial score (nSPS) is 17.9. The van der Waals surface area contributed by atoms with Crippen LogP contribution in [0, 0.1) is 19.8 Å². The summed E-state index contributed by atoms with van der Waals surface area (Å²) in [4.78, 5) is 30.5. The van der Waals surface area contributed by atoms with Gasteiger partial charge in [0, 0.05) is 13.1 Å². The van der Waals surface area contributed by atoms with E-state index in [-0.39, 0.29) is 17.7 Å². The number of carbonyl (C=O) groups excluding carboxylic acids is 2. The third-order valence-corrected chi connectivity index (χ3v) is 4.98. The van der Waals surface area contributed by atoms with Gasteiger partial charge in [-0.25, -0.2) is 4.98 Å². The number of nitrogens with two attached hydrogens (primary N) is 1. The number of carbonyl (C=O) groups is 2. The van der Waals surface area contributed by atoms with Gasteiger partial charge in [-0.2, -0.15) is 0 Å². The minimum Gasteiger partial charge on any atom is -0.459 e. The van der Waals surface area contributed by atoms with Crippen LogP contribution < -0.4 is 5.73 Å². The second-order valence-electron chi connectivity index (χ2n) is 5.48. The number of aromatic nitrogens is 1. The first-order chi connectivity index (χ1) is 10.5. The topological polar surface area (TPSA) is 89.4 Å². The Balaban J connectivity index is 1.82. The summed E-state index contributed by atoms with van der Waals surface area (Å²) in [5.74, 6) is 0.793. The van der Waals surface area contributed by atoms with Crippen LogP contribution in [0.15, 0.2) is 16.5 Å². The molecule has 1 saturated heterocycles. The van der Waals surface area contributed by atoms with Crippen molar-refractivity contribution >= 4 is 23.2 Å². The van der Waals surface area contributed by atoms with Crippen molar-refractivity contribution < 1.29 is 14.0 Å². The third kappa shape index (κ3) is 2.64. The van der Waals surface area contributed by atoms with E-state index in [1.807, 2.05) is 26.0 Å². The fraction of sp³-hybridized carbons (Fsp3) is 0.400. The van der Waals surface area contributed by atoms with Crippen molar-refractivity contribution in [3.05, 3.63) is 28.5 Å². The first-order valence-electron chi connectivity index (χ1n) is 7.08. The van der Waals surface area contributed by atoms with Crippen LogP contribution in [0.3, 0.4) is 0 Å². The molecule has 6 nitrogen and oxygen atoms in total. The van der Waals surface area contributed by atoms with Gasteiger partial charge in [-0.15, -0.1) is 11.3 Å². The van der Waals surface area contributed by atoms with Crippen LogP contribution in [0.25, 0.3) is 10.8 Å². The Labute approximate surface area is 131 Å². The first kappa shape index (κ1) is 14.8. The molecule has 2 amide bonds. The standard InChI is InChI=1S/C15H17N3O3S/c1-8-3-4-11(21-8)14-17-9(2)12(22-14)15(20)18-6-5-10(7-18)13(16)19/h3-4,10H,5-7H2,1-2H3,(H2,16,19)/t10-/m0/s1. The van der Waals surface area contributed by atoms with Crippen molar-refractivity contribution in [1.82, 2.24) is 9.88 Å². The average Bonchev–Trinajstić information content (AvgIpc) is 3.16. The number of furan rings is 1. The quantitative estimate of drug-likeness (QED) is 0.936. The molecule has 0 saturated carbocycles. The van der Waals surface area contributed by atoms with Gasteiger partial charge in [-0.1, -0.05) is 0 Å². The fourth-order valence-corrected chi connectivity index (χ4v) is 3.57. The van der Waals surface area contributed by atoms with E-state index in [0.29, 0.717) is 40.8 Å². The maximum absolute atomic E-state index is 12.6. The predicted octanol–water partition coefficient (Wildman–Crippen LogP) is 1.97. The molecular weight excluding hydrogens is 302 g/mol. The summed E-state index contributed by atoms with van der Waals surface area (Å²) < 4.78 is 5.55. The number of nitrogens with zero attached hydrogens (tertiary/aromatic N) is 2. The maximum atomic E-state index is 12.6. The molecule has 0 unspecified atom stereocenters. The van der Waals surface area contributed by atoms with E-state index in [1.165, 1.54) is 11.3 Å². The predicted molar refractivity (Wildman–Crippen MR) is 82.5 cm³/mol. The minimum atomic E-state index is -0.344. The minimum absolute atomic E-state index is 0.0896. The molecule has 2 N–H and O–H groups in total. The molecule has 0 spiro atoms.